The average Bonchev–Trinajstić information content (AvgIpc) is 3.40. The molecule has 11 nitrogen and oxygen atoms in total. The average molecular weight is 557 g/mol. The highest BCUT2D eigenvalue weighted by Crippen LogP contribution is 2.42. The Hall–Kier alpha value is -4.80. The first-order valence-corrected chi connectivity index (χ1v) is 13.7. The fraction of sp³-hybridized carbons (Fsp3) is 0.333. The number of hydrogen-bond acceptors (Lipinski definition) is 6. The van der Waals surface area contributed by atoms with Gasteiger partial charge in [-0.3, -0.25) is 0 Å². The zero-order valence-electron chi connectivity index (χ0n) is 23.4. The molecule has 1 aliphatic rings. The third-order valence-electron chi connectivity index (χ3n) is 7.79. The molecule has 41 heavy (non-hydrogen) atoms. The van der Waals surface area contributed by atoms with Gasteiger partial charge in [-0.25, -0.2) is 19.1 Å². The van der Waals surface area contributed by atoms with E-state index in [0.717, 1.165) is 37.1 Å². The molecule has 0 saturated heterocycles. The number of anilines is 5. The molecule has 214 valence electrons. The Morgan fingerprint density at radius 3 is 2.22 bits per heavy atom. The lowest BCUT2D eigenvalue weighted by atomic mass is 9.64. The summed E-state index contributed by atoms with van der Waals surface area (Å²) in [5.41, 5.74) is 3.00. The standard InChI is InChI=1S/C30H36N8O3/c1-29(2,3)30(36-28(40)41)15-13-23(14-16-30)33-25-19-24(26-31-17-18-38(26)37-25)32-21-9-11-22(12-10-21)35-27(39)34-20-7-5-4-6-8-20/h4-12,17-19,23,32,36H,13-16H2,1-3H3,(H,33,37)(H,40,41)(H2,34,35,39). The lowest BCUT2D eigenvalue weighted by molar-refractivity contribution is 0.0804. The van der Waals surface area contributed by atoms with Crippen molar-refractivity contribution < 1.29 is 14.7 Å². The molecule has 0 bridgehead atoms. The first-order valence-electron chi connectivity index (χ1n) is 13.7. The number of benzene rings is 2. The van der Waals surface area contributed by atoms with Crippen LogP contribution in [0.2, 0.25) is 0 Å². The van der Waals surface area contributed by atoms with Crippen molar-refractivity contribution in [2.45, 2.75) is 58.0 Å². The van der Waals surface area contributed by atoms with Gasteiger partial charge in [-0.15, -0.1) is 5.10 Å². The third kappa shape index (κ3) is 6.51. The van der Waals surface area contributed by atoms with E-state index in [0.29, 0.717) is 22.8 Å². The number of carboxylic acid groups (broad SMARTS) is 1. The van der Waals surface area contributed by atoms with E-state index in [1.807, 2.05) is 60.7 Å². The number of nitrogens with zero attached hydrogens (tertiary/aromatic N) is 3. The summed E-state index contributed by atoms with van der Waals surface area (Å²) in [4.78, 5) is 28.3. The van der Waals surface area contributed by atoms with Gasteiger partial charge in [0.25, 0.3) is 0 Å². The van der Waals surface area contributed by atoms with E-state index in [9.17, 15) is 14.7 Å². The maximum Gasteiger partial charge on any atom is 0.405 e. The van der Waals surface area contributed by atoms with E-state index >= 15 is 0 Å². The monoisotopic (exact) mass is 556 g/mol. The van der Waals surface area contributed by atoms with Gasteiger partial charge in [0.15, 0.2) is 5.65 Å². The third-order valence-corrected chi connectivity index (χ3v) is 7.79. The van der Waals surface area contributed by atoms with Gasteiger partial charge in [-0.1, -0.05) is 39.0 Å². The molecular weight excluding hydrogens is 520 g/mol. The smallest absolute Gasteiger partial charge is 0.405 e. The van der Waals surface area contributed by atoms with Crippen molar-refractivity contribution in [2.75, 3.05) is 21.3 Å². The number of amides is 3. The molecule has 1 fully saturated rings. The molecule has 2 heterocycles. The van der Waals surface area contributed by atoms with E-state index in [1.165, 1.54) is 0 Å². The summed E-state index contributed by atoms with van der Waals surface area (Å²) in [6.45, 7) is 6.27. The molecule has 2 aromatic carbocycles. The number of hydrogen-bond donors (Lipinski definition) is 6. The maximum absolute atomic E-state index is 12.3. The van der Waals surface area contributed by atoms with E-state index in [1.54, 1.807) is 16.9 Å². The molecule has 6 N–H and O–H groups in total. The Balaban J connectivity index is 1.25. The zero-order valence-corrected chi connectivity index (χ0v) is 23.4. The fourth-order valence-electron chi connectivity index (χ4n) is 5.42. The minimum Gasteiger partial charge on any atom is -0.465 e. The van der Waals surface area contributed by atoms with Crippen molar-refractivity contribution in [3.8, 4) is 0 Å². The van der Waals surface area contributed by atoms with E-state index in [-0.39, 0.29) is 17.5 Å². The zero-order chi connectivity index (χ0) is 29.0. The summed E-state index contributed by atoms with van der Waals surface area (Å²) >= 11 is 0. The van der Waals surface area contributed by atoms with Crippen LogP contribution in [0.1, 0.15) is 46.5 Å². The van der Waals surface area contributed by atoms with Gasteiger partial charge in [0.05, 0.1) is 5.69 Å². The number of urea groups is 1. The van der Waals surface area contributed by atoms with Crippen LogP contribution >= 0.6 is 0 Å². The first-order chi connectivity index (χ1) is 19.6. The molecule has 0 atom stereocenters. The molecule has 0 spiro atoms. The van der Waals surface area contributed by atoms with Crippen LogP contribution in [0.4, 0.5) is 38.2 Å². The van der Waals surface area contributed by atoms with Crippen molar-refractivity contribution in [2.24, 2.45) is 5.41 Å². The lowest BCUT2D eigenvalue weighted by Crippen LogP contribution is -2.59. The number of carbonyl (C=O) groups excluding carboxylic acids is 1. The van der Waals surface area contributed by atoms with E-state index in [4.69, 9.17) is 0 Å². The minimum atomic E-state index is -0.978. The summed E-state index contributed by atoms with van der Waals surface area (Å²) in [5, 5.41) is 29.6. The fourth-order valence-corrected chi connectivity index (χ4v) is 5.42. The van der Waals surface area contributed by atoms with Gasteiger partial charge in [-0.05, 0) is 67.5 Å². The first kappa shape index (κ1) is 27.8. The van der Waals surface area contributed by atoms with Crippen LogP contribution in [0.3, 0.4) is 0 Å². The highest BCUT2D eigenvalue weighted by molar-refractivity contribution is 5.99. The van der Waals surface area contributed by atoms with Crippen LogP contribution in [0.15, 0.2) is 73.1 Å². The molecule has 1 aliphatic carbocycles. The van der Waals surface area contributed by atoms with Crippen molar-refractivity contribution in [3.63, 3.8) is 0 Å². The summed E-state index contributed by atoms with van der Waals surface area (Å²) in [6, 6.07) is 18.5. The highest BCUT2D eigenvalue weighted by Gasteiger charge is 2.45. The summed E-state index contributed by atoms with van der Waals surface area (Å²) in [5.74, 6) is 0.702. The van der Waals surface area contributed by atoms with Crippen LogP contribution in [-0.4, -0.2) is 43.4 Å². The molecular formula is C30H36N8O3. The Morgan fingerprint density at radius 2 is 1.59 bits per heavy atom. The van der Waals surface area contributed by atoms with Crippen molar-refractivity contribution in [1.82, 2.24) is 19.9 Å². The van der Waals surface area contributed by atoms with Gasteiger partial charge in [0.1, 0.15) is 5.82 Å². The van der Waals surface area contributed by atoms with Gasteiger partial charge >= 0.3 is 12.1 Å². The summed E-state index contributed by atoms with van der Waals surface area (Å²) in [7, 11) is 0. The second-order valence-electron chi connectivity index (χ2n) is 11.5. The normalized spacial score (nSPS) is 18.9. The molecule has 5 rings (SSSR count). The van der Waals surface area contributed by atoms with Gasteiger partial charge in [0.2, 0.25) is 0 Å². The predicted octanol–water partition coefficient (Wildman–Crippen LogP) is 6.52. The number of rotatable bonds is 7. The largest absolute Gasteiger partial charge is 0.465 e. The minimum absolute atomic E-state index is 0.162. The molecule has 0 radical (unpaired) electrons. The number of fused-ring (bicyclic) bond motifs is 1. The number of nitrogens with one attached hydrogen (secondary N) is 5. The number of aromatic nitrogens is 3. The van der Waals surface area contributed by atoms with Crippen LogP contribution in [0.5, 0.6) is 0 Å². The molecule has 2 aromatic heterocycles. The van der Waals surface area contributed by atoms with Gasteiger partial charge < -0.3 is 31.7 Å². The van der Waals surface area contributed by atoms with Crippen LogP contribution < -0.4 is 26.6 Å². The Bertz CT molecular complexity index is 1500. The van der Waals surface area contributed by atoms with Crippen molar-refractivity contribution in [3.05, 3.63) is 73.1 Å². The summed E-state index contributed by atoms with van der Waals surface area (Å²) < 4.78 is 1.72. The van der Waals surface area contributed by atoms with E-state index < -0.39 is 11.6 Å². The molecule has 0 unspecified atom stereocenters. The molecule has 4 aromatic rings. The highest BCUT2D eigenvalue weighted by atomic mass is 16.4. The number of carbonyl (C=O) groups is 2. The van der Waals surface area contributed by atoms with Gasteiger partial charge in [0, 0.05) is 47.1 Å². The quantitative estimate of drug-likeness (QED) is 0.152. The Morgan fingerprint density at radius 1 is 0.951 bits per heavy atom. The molecule has 0 aliphatic heterocycles. The topological polar surface area (TPSA) is 145 Å². The second kappa shape index (κ2) is 11.4. The molecule has 11 heteroatoms. The van der Waals surface area contributed by atoms with E-state index in [2.05, 4.69) is 57.4 Å². The molecule has 3 amide bonds. The van der Waals surface area contributed by atoms with Crippen molar-refractivity contribution in [1.29, 1.82) is 0 Å². The number of para-hydroxylation sites is 1. The summed E-state index contributed by atoms with van der Waals surface area (Å²) in [6.07, 6.45) is 5.63. The van der Waals surface area contributed by atoms with Crippen LogP contribution in [0.25, 0.3) is 5.65 Å². The van der Waals surface area contributed by atoms with Crippen LogP contribution in [-0.2, 0) is 0 Å². The second-order valence-corrected chi connectivity index (χ2v) is 11.5. The maximum atomic E-state index is 12.3. The SMILES string of the molecule is CC(C)(C)C1(NC(=O)O)CCC(Nc2cc(Nc3ccc(NC(=O)Nc4ccccc4)cc3)c3nccn3n2)CC1. The lowest BCUT2D eigenvalue weighted by Gasteiger charge is -2.49. The Labute approximate surface area is 238 Å². The molecule has 1 saturated carbocycles. The van der Waals surface area contributed by atoms with Crippen LogP contribution in [0, 0.1) is 5.41 Å². The van der Waals surface area contributed by atoms with Gasteiger partial charge in [-0.2, -0.15) is 0 Å². The Kier molecular flexibility index (Phi) is 7.69. The predicted molar refractivity (Wildman–Crippen MR) is 161 cm³/mol. The number of imidazole rings is 1. The van der Waals surface area contributed by atoms with Crippen molar-refractivity contribution >= 4 is 46.3 Å².